The van der Waals surface area contributed by atoms with E-state index in [9.17, 15) is 9.59 Å². The lowest BCUT2D eigenvalue weighted by atomic mass is 9.98. The second-order valence-corrected chi connectivity index (χ2v) is 8.94. The van der Waals surface area contributed by atoms with Crippen LogP contribution < -0.4 is 5.69 Å². The SMILES string of the molecule is Cn1c(=O)n(CC(=O)N2CCCC(c3ncc(Cc4ccccc4Cl)o3)C2)c2ccccc21. The molecule has 0 radical (unpaired) electrons. The van der Waals surface area contributed by atoms with Crippen molar-refractivity contribution < 1.29 is 9.21 Å². The predicted molar refractivity (Wildman–Crippen MR) is 126 cm³/mol. The molecule has 1 saturated heterocycles. The van der Waals surface area contributed by atoms with Crippen molar-refractivity contribution in [2.24, 2.45) is 7.05 Å². The number of hydrogen-bond acceptors (Lipinski definition) is 4. The van der Waals surface area contributed by atoms with Gasteiger partial charge in [-0.25, -0.2) is 9.78 Å². The molecule has 2 aromatic carbocycles. The first kappa shape index (κ1) is 21.5. The van der Waals surface area contributed by atoms with Crippen LogP contribution >= 0.6 is 11.6 Å². The lowest BCUT2D eigenvalue weighted by Gasteiger charge is -2.31. The van der Waals surface area contributed by atoms with E-state index in [-0.39, 0.29) is 24.1 Å². The number of halogens is 1. The number of likely N-dealkylation sites (tertiary alicyclic amines) is 1. The molecule has 170 valence electrons. The van der Waals surface area contributed by atoms with Gasteiger partial charge in [0.1, 0.15) is 12.3 Å². The zero-order valence-corrected chi connectivity index (χ0v) is 19.2. The first-order valence-electron chi connectivity index (χ1n) is 11.1. The number of aryl methyl sites for hydroxylation is 1. The fourth-order valence-electron chi connectivity index (χ4n) is 4.58. The number of carbonyl (C=O) groups is 1. The van der Waals surface area contributed by atoms with E-state index < -0.39 is 0 Å². The van der Waals surface area contributed by atoms with Crippen LogP contribution in [0.2, 0.25) is 5.02 Å². The summed E-state index contributed by atoms with van der Waals surface area (Å²) >= 11 is 6.27. The third-order valence-electron chi connectivity index (χ3n) is 6.36. The lowest BCUT2D eigenvalue weighted by Crippen LogP contribution is -2.42. The van der Waals surface area contributed by atoms with Gasteiger partial charge in [0.25, 0.3) is 0 Å². The van der Waals surface area contributed by atoms with Gasteiger partial charge in [-0.1, -0.05) is 41.9 Å². The van der Waals surface area contributed by atoms with Crippen LogP contribution in [0, 0.1) is 0 Å². The molecule has 0 aliphatic carbocycles. The van der Waals surface area contributed by atoms with Gasteiger partial charge in [-0.15, -0.1) is 0 Å². The molecule has 0 saturated carbocycles. The van der Waals surface area contributed by atoms with Crippen molar-refractivity contribution >= 4 is 28.5 Å². The second kappa shape index (κ2) is 8.90. The van der Waals surface area contributed by atoms with E-state index in [4.69, 9.17) is 16.0 Å². The van der Waals surface area contributed by atoms with Gasteiger partial charge in [-0.05, 0) is 36.6 Å². The predicted octanol–water partition coefficient (Wildman–Crippen LogP) is 3.98. The van der Waals surface area contributed by atoms with Crippen molar-refractivity contribution in [3.05, 3.63) is 87.4 Å². The van der Waals surface area contributed by atoms with E-state index in [1.807, 2.05) is 53.4 Å². The molecule has 1 aliphatic heterocycles. The maximum absolute atomic E-state index is 13.1. The van der Waals surface area contributed by atoms with E-state index in [0.29, 0.717) is 30.4 Å². The van der Waals surface area contributed by atoms with Gasteiger partial charge in [0.05, 0.1) is 23.1 Å². The van der Waals surface area contributed by atoms with Gasteiger partial charge in [0.2, 0.25) is 5.91 Å². The Morgan fingerprint density at radius 2 is 1.91 bits per heavy atom. The number of fused-ring (bicyclic) bond motifs is 1. The Morgan fingerprint density at radius 3 is 2.73 bits per heavy atom. The fourth-order valence-corrected chi connectivity index (χ4v) is 4.78. The Labute approximate surface area is 196 Å². The van der Waals surface area contributed by atoms with Crippen LogP contribution in [0.15, 0.2) is 63.9 Å². The molecule has 0 spiro atoms. The molecule has 7 nitrogen and oxygen atoms in total. The van der Waals surface area contributed by atoms with Crippen molar-refractivity contribution in [2.45, 2.75) is 31.7 Å². The van der Waals surface area contributed by atoms with E-state index in [0.717, 1.165) is 35.2 Å². The molecule has 2 aromatic heterocycles. The molecule has 0 bridgehead atoms. The Kier molecular flexibility index (Phi) is 5.81. The number of carbonyl (C=O) groups excluding carboxylic acids is 1. The standard InChI is InChI=1S/C25H25ClN4O3/c1-28-21-10-4-5-11-22(21)30(25(28)32)16-23(31)29-12-6-8-18(15-29)24-27-14-19(33-24)13-17-7-2-3-9-20(17)26/h2-5,7,9-11,14,18H,6,8,12-13,15-16H2,1H3. The summed E-state index contributed by atoms with van der Waals surface area (Å²) in [6, 6.07) is 15.2. The molecule has 1 atom stereocenters. The minimum Gasteiger partial charge on any atom is -0.445 e. The Morgan fingerprint density at radius 1 is 1.15 bits per heavy atom. The number of aromatic nitrogens is 3. The molecular formula is C25H25ClN4O3. The van der Waals surface area contributed by atoms with Crippen LogP contribution in [0.3, 0.4) is 0 Å². The van der Waals surface area contributed by atoms with E-state index in [1.165, 1.54) is 0 Å². The number of imidazole rings is 1. The van der Waals surface area contributed by atoms with Crippen LogP contribution in [-0.4, -0.2) is 38.0 Å². The van der Waals surface area contributed by atoms with Crippen molar-refractivity contribution in [1.29, 1.82) is 0 Å². The number of rotatable bonds is 5. The minimum absolute atomic E-state index is 0.0241. The zero-order chi connectivity index (χ0) is 22.9. The van der Waals surface area contributed by atoms with Crippen LogP contribution in [0.1, 0.15) is 36.0 Å². The van der Waals surface area contributed by atoms with E-state index in [2.05, 4.69) is 4.98 Å². The summed E-state index contributed by atoms with van der Waals surface area (Å²) in [7, 11) is 1.73. The van der Waals surface area contributed by atoms with Gasteiger partial charge in [-0.2, -0.15) is 0 Å². The molecule has 1 fully saturated rings. The largest absolute Gasteiger partial charge is 0.445 e. The normalized spacial score (nSPS) is 16.4. The zero-order valence-electron chi connectivity index (χ0n) is 18.4. The number of para-hydroxylation sites is 2. The third-order valence-corrected chi connectivity index (χ3v) is 6.73. The molecule has 5 rings (SSSR count). The summed E-state index contributed by atoms with van der Waals surface area (Å²) in [5, 5.41) is 0.702. The smallest absolute Gasteiger partial charge is 0.329 e. The van der Waals surface area contributed by atoms with Crippen LogP contribution in [0.5, 0.6) is 0 Å². The highest BCUT2D eigenvalue weighted by Crippen LogP contribution is 2.28. The van der Waals surface area contributed by atoms with Crippen molar-refractivity contribution in [3.63, 3.8) is 0 Å². The number of piperidine rings is 1. The Balaban J connectivity index is 1.29. The van der Waals surface area contributed by atoms with Crippen LogP contribution in [-0.2, 0) is 24.8 Å². The highest BCUT2D eigenvalue weighted by Gasteiger charge is 2.28. The average molecular weight is 465 g/mol. The third kappa shape index (κ3) is 4.20. The molecule has 1 aliphatic rings. The maximum atomic E-state index is 13.1. The summed E-state index contributed by atoms with van der Waals surface area (Å²) in [5.41, 5.74) is 2.39. The van der Waals surface area contributed by atoms with Crippen molar-refractivity contribution in [2.75, 3.05) is 13.1 Å². The number of hydrogen-bond donors (Lipinski definition) is 0. The summed E-state index contributed by atoms with van der Waals surface area (Å²) in [6.45, 7) is 1.22. The molecule has 3 heterocycles. The average Bonchev–Trinajstić information content (AvgIpc) is 3.40. The first-order valence-corrected chi connectivity index (χ1v) is 11.5. The fraction of sp³-hybridized carbons (Fsp3) is 0.320. The van der Waals surface area contributed by atoms with Gasteiger partial charge >= 0.3 is 5.69 Å². The summed E-state index contributed by atoms with van der Waals surface area (Å²) in [5.74, 6) is 1.37. The Hall–Kier alpha value is -3.32. The highest BCUT2D eigenvalue weighted by atomic mass is 35.5. The molecular weight excluding hydrogens is 440 g/mol. The number of nitrogens with zero attached hydrogens (tertiary/aromatic N) is 4. The van der Waals surface area contributed by atoms with Crippen LogP contribution in [0.4, 0.5) is 0 Å². The maximum Gasteiger partial charge on any atom is 0.329 e. The van der Waals surface area contributed by atoms with E-state index in [1.54, 1.807) is 22.4 Å². The first-order chi connectivity index (χ1) is 16.0. The van der Waals surface area contributed by atoms with Gasteiger partial charge in [0, 0.05) is 31.6 Å². The minimum atomic E-state index is -0.185. The van der Waals surface area contributed by atoms with Crippen molar-refractivity contribution in [1.82, 2.24) is 19.0 Å². The van der Waals surface area contributed by atoms with E-state index >= 15 is 0 Å². The Bertz CT molecular complexity index is 1370. The highest BCUT2D eigenvalue weighted by molar-refractivity contribution is 6.31. The lowest BCUT2D eigenvalue weighted by molar-refractivity contribution is -0.133. The van der Waals surface area contributed by atoms with Gasteiger partial charge in [0.15, 0.2) is 5.89 Å². The monoisotopic (exact) mass is 464 g/mol. The van der Waals surface area contributed by atoms with Gasteiger partial charge < -0.3 is 9.32 Å². The summed E-state index contributed by atoms with van der Waals surface area (Å²) in [6.07, 6.45) is 4.09. The van der Waals surface area contributed by atoms with Crippen LogP contribution in [0.25, 0.3) is 11.0 Å². The molecule has 8 heteroatoms. The molecule has 1 unspecified atom stereocenters. The molecule has 4 aromatic rings. The molecule has 0 N–H and O–H groups in total. The number of oxazole rings is 1. The van der Waals surface area contributed by atoms with Gasteiger partial charge in [-0.3, -0.25) is 13.9 Å². The van der Waals surface area contributed by atoms with Crippen molar-refractivity contribution in [3.8, 4) is 0 Å². The topological polar surface area (TPSA) is 73.3 Å². The molecule has 1 amide bonds. The summed E-state index contributed by atoms with van der Waals surface area (Å²) in [4.78, 5) is 32.1. The number of amides is 1. The second-order valence-electron chi connectivity index (χ2n) is 8.53. The summed E-state index contributed by atoms with van der Waals surface area (Å²) < 4.78 is 9.17. The molecule has 33 heavy (non-hydrogen) atoms. The quantitative estimate of drug-likeness (QED) is 0.448. The number of benzene rings is 2.